The quantitative estimate of drug-likeness (QED) is 0.161. The van der Waals surface area contributed by atoms with E-state index in [0.29, 0.717) is 46.0 Å². The Morgan fingerprint density at radius 3 is 1.35 bits per heavy atom. The van der Waals surface area contributed by atoms with Crippen molar-refractivity contribution in [3.63, 3.8) is 0 Å². The van der Waals surface area contributed by atoms with Gasteiger partial charge in [0.2, 0.25) is 0 Å². The van der Waals surface area contributed by atoms with Gasteiger partial charge in [0.1, 0.15) is 0 Å². The van der Waals surface area contributed by atoms with Crippen LogP contribution in [0.1, 0.15) is 22.3 Å². The van der Waals surface area contributed by atoms with Gasteiger partial charge in [0.05, 0.1) is 11.0 Å². The zero-order valence-corrected chi connectivity index (χ0v) is 34.0. The van der Waals surface area contributed by atoms with Crippen LogP contribution in [0.15, 0.2) is 224 Å². The Kier molecular flexibility index (Phi) is 8.64. The highest BCUT2D eigenvalue weighted by Gasteiger charge is 2.48. The molecule has 5 heteroatoms. The number of hydrogen-bond donors (Lipinski definition) is 0. The zero-order chi connectivity index (χ0) is 41.7. The predicted octanol–water partition coefficient (Wildman–Crippen LogP) is 14.5. The molecule has 0 unspecified atom stereocenters. The van der Waals surface area contributed by atoms with Crippen molar-refractivity contribution in [1.82, 2.24) is 15.0 Å². The first-order chi connectivity index (χ1) is 31.2. The van der Waals surface area contributed by atoms with E-state index in [1.165, 1.54) is 16.7 Å². The van der Waals surface area contributed by atoms with Crippen molar-refractivity contribution >= 4 is 0 Å². The summed E-state index contributed by atoms with van der Waals surface area (Å²) >= 11 is 0. The first-order valence-corrected chi connectivity index (χ1v) is 21.2. The number of para-hydroxylation sites is 1. The van der Waals surface area contributed by atoms with Gasteiger partial charge in [0.15, 0.2) is 40.5 Å². The Labute approximate surface area is 365 Å². The van der Waals surface area contributed by atoms with Gasteiger partial charge in [-0.1, -0.05) is 194 Å². The van der Waals surface area contributed by atoms with Gasteiger partial charge in [-0.25, -0.2) is 15.0 Å². The van der Waals surface area contributed by atoms with Crippen molar-refractivity contribution in [2.75, 3.05) is 0 Å². The van der Waals surface area contributed by atoms with E-state index in [1.54, 1.807) is 0 Å². The number of aromatic nitrogens is 3. The molecule has 9 aromatic carbocycles. The van der Waals surface area contributed by atoms with Gasteiger partial charge in [-0.3, -0.25) is 0 Å². The van der Waals surface area contributed by atoms with E-state index in [9.17, 15) is 0 Å². The average Bonchev–Trinajstić information content (AvgIpc) is 3.68. The van der Waals surface area contributed by atoms with E-state index in [2.05, 4.69) is 194 Å². The second-order valence-corrected chi connectivity index (χ2v) is 15.9. The highest BCUT2D eigenvalue weighted by Crippen LogP contribution is 2.62. The molecule has 0 fully saturated rings. The number of benzene rings is 9. The summed E-state index contributed by atoms with van der Waals surface area (Å²) in [5.74, 6) is 4.04. The highest BCUT2D eigenvalue weighted by molar-refractivity contribution is 5.92. The molecule has 296 valence electrons. The first kappa shape index (κ1) is 36.4. The first-order valence-electron chi connectivity index (χ1n) is 21.2. The maximum Gasteiger partial charge on any atom is 0.181 e. The number of hydrogen-bond acceptors (Lipinski definition) is 5. The Balaban J connectivity index is 1.01. The second-order valence-electron chi connectivity index (χ2n) is 15.9. The Hall–Kier alpha value is -8.41. The van der Waals surface area contributed by atoms with Crippen molar-refractivity contribution in [2.24, 2.45) is 0 Å². The van der Waals surface area contributed by atoms with Crippen LogP contribution in [-0.4, -0.2) is 15.0 Å². The smallest absolute Gasteiger partial charge is 0.181 e. The minimum absolute atomic E-state index is 0.479. The van der Waals surface area contributed by atoms with Gasteiger partial charge in [-0.15, -0.1) is 0 Å². The van der Waals surface area contributed by atoms with Gasteiger partial charge in [0, 0.05) is 16.7 Å². The van der Waals surface area contributed by atoms with E-state index >= 15 is 0 Å². The van der Waals surface area contributed by atoms with Gasteiger partial charge >= 0.3 is 0 Å². The number of fused-ring (bicyclic) bond motifs is 6. The molecule has 1 aromatic heterocycles. The van der Waals surface area contributed by atoms with Crippen LogP contribution in [0.25, 0.3) is 67.5 Å². The van der Waals surface area contributed by atoms with Crippen LogP contribution < -0.4 is 9.47 Å². The van der Waals surface area contributed by atoms with E-state index in [1.807, 2.05) is 30.3 Å². The molecule has 12 rings (SSSR count). The van der Waals surface area contributed by atoms with Crippen molar-refractivity contribution in [2.45, 2.75) is 5.41 Å². The van der Waals surface area contributed by atoms with Crippen molar-refractivity contribution in [3.8, 4) is 90.5 Å². The summed E-state index contributed by atoms with van der Waals surface area (Å²) in [5.41, 5.74) is 13.1. The largest absolute Gasteiger partial charge is 0.449 e. The summed E-state index contributed by atoms with van der Waals surface area (Å²) in [4.78, 5) is 15.5. The summed E-state index contributed by atoms with van der Waals surface area (Å²) in [6.07, 6.45) is 0. The van der Waals surface area contributed by atoms with Crippen LogP contribution >= 0.6 is 0 Å². The van der Waals surface area contributed by atoms with Gasteiger partial charge in [-0.05, 0) is 80.4 Å². The SMILES string of the molecule is c1ccc(-c2cccc(-c3nc(-c4cccc(-c5ccccc5)c4)nc(-c4cccc5c4Oc4ccc6c(c4O5)-c4ccccc4C6(c4ccccc4)c4ccccc4)n3)c2)cc1. The predicted molar refractivity (Wildman–Crippen MR) is 251 cm³/mol. The summed E-state index contributed by atoms with van der Waals surface area (Å²) in [7, 11) is 0. The minimum atomic E-state index is -0.567. The molecule has 0 spiro atoms. The molecule has 0 saturated carbocycles. The third-order valence-electron chi connectivity index (χ3n) is 12.3. The Morgan fingerprint density at radius 1 is 0.302 bits per heavy atom. The summed E-state index contributed by atoms with van der Waals surface area (Å²) in [6.45, 7) is 0. The fourth-order valence-corrected chi connectivity index (χ4v) is 9.45. The molecule has 63 heavy (non-hydrogen) atoms. The van der Waals surface area contributed by atoms with Gasteiger partial charge in [-0.2, -0.15) is 0 Å². The molecule has 0 amide bonds. The molecular formula is C58H37N3O2. The van der Waals surface area contributed by atoms with Gasteiger partial charge < -0.3 is 9.47 Å². The second kappa shape index (κ2) is 14.9. The lowest BCUT2D eigenvalue weighted by Crippen LogP contribution is -2.28. The molecular weight excluding hydrogens is 771 g/mol. The van der Waals surface area contributed by atoms with Crippen LogP contribution in [0.5, 0.6) is 23.0 Å². The Bertz CT molecular complexity index is 3190. The van der Waals surface area contributed by atoms with Crippen LogP contribution in [0.4, 0.5) is 0 Å². The number of rotatable bonds is 7. The summed E-state index contributed by atoms with van der Waals surface area (Å²) in [5, 5.41) is 0. The lowest BCUT2D eigenvalue weighted by Gasteiger charge is -2.34. The fraction of sp³-hybridized carbons (Fsp3) is 0.0172. The number of nitrogens with zero attached hydrogens (tertiary/aromatic N) is 3. The molecule has 5 nitrogen and oxygen atoms in total. The van der Waals surface area contributed by atoms with Gasteiger partial charge in [0.25, 0.3) is 0 Å². The molecule has 0 radical (unpaired) electrons. The molecule has 0 bridgehead atoms. The standard InChI is InChI=1S/C58H37N3O2/c1-5-18-38(19-6-1)40-22-15-24-42(36-40)55-59-56(43-25-16-23-41(37-43)39-20-7-2-8-21-39)61-57(60-55)47-31-17-33-50-53(47)62-51-35-34-49-52(54(51)63-50)46-30-13-14-32-48(46)58(49,44-26-9-3-10-27-44)45-28-11-4-12-29-45/h1-37H. The average molecular weight is 808 g/mol. The molecule has 1 aliphatic heterocycles. The third kappa shape index (κ3) is 6.05. The summed E-state index contributed by atoms with van der Waals surface area (Å²) < 4.78 is 14.1. The van der Waals surface area contributed by atoms with E-state index in [0.717, 1.165) is 50.1 Å². The van der Waals surface area contributed by atoms with Crippen molar-refractivity contribution in [1.29, 1.82) is 0 Å². The third-order valence-corrected chi connectivity index (χ3v) is 12.3. The fourth-order valence-electron chi connectivity index (χ4n) is 9.45. The lowest BCUT2D eigenvalue weighted by molar-refractivity contribution is 0.361. The Morgan fingerprint density at radius 2 is 0.746 bits per heavy atom. The lowest BCUT2D eigenvalue weighted by atomic mass is 9.68. The van der Waals surface area contributed by atoms with Crippen LogP contribution in [0.3, 0.4) is 0 Å². The topological polar surface area (TPSA) is 57.1 Å². The molecule has 0 saturated heterocycles. The normalized spacial score (nSPS) is 12.8. The van der Waals surface area contributed by atoms with E-state index in [-0.39, 0.29) is 0 Å². The van der Waals surface area contributed by atoms with Crippen molar-refractivity contribution < 1.29 is 9.47 Å². The highest BCUT2D eigenvalue weighted by atomic mass is 16.6. The molecule has 2 aliphatic rings. The maximum absolute atomic E-state index is 7.07. The van der Waals surface area contributed by atoms with E-state index in [4.69, 9.17) is 24.4 Å². The maximum atomic E-state index is 7.07. The van der Waals surface area contributed by atoms with Crippen LogP contribution in [0.2, 0.25) is 0 Å². The van der Waals surface area contributed by atoms with Crippen LogP contribution in [0, 0.1) is 0 Å². The molecule has 0 N–H and O–H groups in total. The van der Waals surface area contributed by atoms with Crippen LogP contribution in [-0.2, 0) is 5.41 Å². The monoisotopic (exact) mass is 807 g/mol. The van der Waals surface area contributed by atoms with E-state index < -0.39 is 5.41 Å². The zero-order valence-electron chi connectivity index (χ0n) is 34.0. The molecule has 1 aliphatic carbocycles. The molecule has 10 aromatic rings. The summed E-state index contributed by atoms with van der Waals surface area (Å²) in [6, 6.07) is 77.8. The number of ether oxygens (including phenoxy) is 2. The van der Waals surface area contributed by atoms with Crippen molar-refractivity contribution in [3.05, 3.63) is 247 Å². The minimum Gasteiger partial charge on any atom is -0.449 e. The molecule has 0 atom stereocenters. The molecule has 2 heterocycles.